The van der Waals surface area contributed by atoms with Gasteiger partial charge in [-0.2, -0.15) is 0 Å². The third-order valence-corrected chi connectivity index (χ3v) is 3.70. The van der Waals surface area contributed by atoms with Crippen molar-refractivity contribution in [1.29, 1.82) is 0 Å². The highest BCUT2D eigenvalue weighted by atomic mass is 32.2. The van der Waals surface area contributed by atoms with E-state index in [1.807, 2.05) is 30.5 Å². The number of carboxylic acid groups (broad SMARTS) is 1. The van der Waals surface area contributed by atoms with Gasteiger partial charge < -0.3 is 14.1 Å². The quantitative estimate of drug-likeness (QED) is 0.790. The van der Waals surface area contributed by atoms with Gasteiger partial charge in [-0.15, -0.1) is 10.2 Å². The summed E-state index contributed by atoms with van der Waals surface area (Å²) in [5.41, 5.74) is 0. The van der Waals surface area contributed by atoms with Crippen LogP contribution in [0, 0.1) is 0 Å². The number of furan rings is 1. The molecule has 2 heterocycles. The largest absolute Gasteiger partial charge is 0.481 e. The highest BCUT2D eigenvalue weighted by Crippen LogP contribution is 2.21. The summed E-state index contributed by atoms with van der Waals surface area (Å²) >= 11 is 1.19. The van der Waals surface area contributed by atoms with Crippen molar-refractivity contribution in [2.45, 2.75) is 37.9 Å². The maximum atomic E-state index is 10.7. The third kappa shape index (κ3) is 3.63. The zero-order valence-corrected chi connectivity index (χ0v) is 12.3. The highest BCUT2D eigenvalue weighted by Gasteiger charge is 2.16. The van der Waals surface area contributed by atoms with Gasteiger partial charge in [-0.1, -0.05) is 25.6 Å². The van der Waals surface area contributed by atoms with E-state index in [4.69, 9.17) is 9.52 Å². The number of carboxylic acids is 1. The molecule has 2 rings (SSSR count). The van der Waals surface area contributed by atoms with Crippen molar-refractivity contribution >= 4 is 17.7 Å². The summed E-state index contributed by atoms with van der Waals surface area (Å²) in [5, 5.41) is 17.7. The molecule has 0 saturated carbocycles. The zero-order chi connectivity index (χ0) is 14.5. The van der Waals surface area contributed by atoms with Crippen LogP contribution < -0.4 is 0 Å². The Morgan fingerprint density at radius 2 is 2.30 bits per heavy atom. The molecule has 20 heavy (non-hydrogen) atoms. The molecule has 0 fully saturated rings. The molecule has 0 aromatic carbocycles. The van der Waals surface area contributed by atoms with Crippen LogP contribution >= 0.6 is 11.8 Å². The fraction of sp³-hybridized carbons (Fsp3) is 0.462. The fourth-order valence-electron chi connectivity index (χ4n) is 1.85. The molecule has 2 aromatic heterocycles. The van der Waals surface area contributed by atoms with E-state index in [0.717, 1.165) is 18.0 Å². The van der Waals surface area contributed by atoms with E-state index < -0.39 is 5.97 Å². The lowest BCUT2D eigenvalue weighted by Gasteiger charge is -2.10. The van der Waals surface area contributed by atoms with E-state index in [0.29, 0.717) is 11.7 Å². The molecule has 2 aromatic rings. The minimum absolute atomic E-state index is 0.0169. The topological polar surface area (TPSA) is 81.1 Å². The molecule has 0 spiro atoms. The summed E-state index contributed by atoms with van der Waals surface area (Å²) in [6, 6.07) is 3.77. The smallest absolute Gasteiger partial charge is 0.313 e. The Hall–Kier alpha value is -1.76. The normalized spacial score (nSPS) is 11.2. The molecule has 0 aliphatic carbocycles. The minimum atomic E-state index is -0.860. The van der Waals surface area contributed by atoms with Crippen LogP contribution in [0.4, 0.5) is 0 Å². The number of aromatic nitrogens is 3. The number of rotatable bonds is 7. The van der Waals surface area contributed by atoms with Crippen molar-refractivity contribution in [2.24, 2.45) is 0 Å². The van der Waals surface area contributed by atoms with Gasteiger partial charge in [0, 0.05) is 18.9 Å². The van der Waals surface area contributed by atoms with Crippen LogP contribution in [0.3, 0.4) is 0 Å². The first-order valence-electron chi connectivity index (χ1n) is 6.38. The van der Waals surface area contributed by atoms with Crippen molar-refractivity contribution in [3.05, 3.63) is 30.0 Å². The second-order valence-electron chi connectivity index (χ2n) is 4.66. The number of thioether (sulfide) groups is 1. The second-order valence-corrected chi connectivity index (χ2v) is 5.60. The summed E-state index contributed by atoms with van der Waals surface area (Å²) < 4.78 is 7.29. The van der Waals surface area contributed by atoms with Crippen LogP contribution in [-0.4, -0.2) is 31.6 Å². The molecule has 6 nitrogen and oxygen atoms in total. The lowest BCUT2D eigenvalue weighted by atomic mass is 10.2. The number of aliphatic carboxylic acids is 1. The standard InChI is InChI=1S/C13H17N3O3S/c1-9(2)12-14-15-13(20-8-11(17)18)16(12)6-5-10-4-3-7-19-10/h3-4,7,9H,5-6,8H2,1-2H3,(H,17,18). The third-order valence-electron chi connectivity index (χ3n) is 2.75. The van der Waals surface area contributed by atoms with Crippen molar-refractivity contribution in [1.82, 2.24) is 14.8 Å². The van der Waals surface area contributed by atoms with E-state index in [-0.39, 0.29) is 11.7 Å². The molecule has 0 aliphatic rings. The summed E-state index contributed by atoms with van der Waals surface area (Å²) in [7, 11) is 0. The number of hydrogen-bond donors (Lipinski definition) is 1. The Balaban J connectivity index is 2.13. The molecule has 0 bridgehead atoms. The van der Waals surface area contributed by atoms with Crippen LogP contribution in [0.5, 0.6) is 0 Å². The second kappa shape index (κ2) is 6.60. The molecule has 0 saturated heterocycles. The summed E-state index contributed by atoms with van der Waals surface area (Å²) in [5.74, 6) is 1.11. The lowest BCUT2D eigenvalue weighted by molar-refractivity contribution is -0.133. The van der Waals surface area contributed by atoms with E-state index in [1.165, 1.54) is 11.8 Å². The molecular formula is C13H17N3O3S. The predicted molar refractivity (Wildman–Crippen MR) is 74.9 cm³/mol. The summed E-state index contributed by atoms with van der Waals surface area (Å²) in [6.45, 7) is 4.76. The van der Waals surface area contributed by atoms with Crippen molar-refractivity contribution < 1.29 is 14.3 Å². The maximum Gasteiger partial charge on any atom is 0.313 e. The van der Waals surface area contributed by atoms with Gasteiger partial charge in [-0.3, -0.25) is 4.79 Å². The number of aryl methyl sites for hydroxylation is 1. The van der Waals surface area contributed by atoms with E-state index in [1.54, 1.807) is 6.26 Å². The van der Waals surface area contributed by atoms with Gasteiger partial charge in [0.25, 0.3) is 0 Å². The van der Waals surface area contributed by atoms with Gasteiger partial charge in [0.05, 0.1) is 12.0 Å². The molecule has 0 atom stereocenters. The SMILES string of the molecule is CC(C)c1nnc(SCC(=O)O)n1CCc1ccco1. The van der Waals surface area contributed by atoms with E-state index in [2.05, 4.69) is 10.2 Å². The van der Waals surface area contributed by atoms with Gasteiger partial charge in [0.15, 0.2) is 5.16 Å². The molecule has 0 unspecified atom stereocenters. The van der Waals surface area contributed by atoms with Crippen LogP contribution in [0.15, 0.2) is 28.0 Å². The van der Waals surface area contributed by atoms with Gasteiger partial charge >= 0.3 is 5.97 Å². The highest BCUT2D eigenvalue weighted by molar-refractivity contribution is 7.99. The fourth-order valence-corrected chi connectivity index (χ4v) is 2.54. The monoisotopic (exact) mass is 295 g/mol. The van der Waals surface area contributed by atoms with Gasteiger partial charge in [0.2, 0.25) is 0 Å². The first-order chi connectivity index (χ1) is 9.58. The van der Waals surface area contributed by atoms with E-state index in [9.17, 15) is 4.79 Å². The van der Waals surface area contributed by atoms with Crippen molar-refractivity contribution in [3.8, 4) is 0 Å². The number of hydrogen-bond acceptors (Lipinski definition) is 5. The molecule has 1 N–H and O–H groups in total. The van der Waals surface area contributed by atoms with Crippen molar-refractivity contribution in [2.75, 3.05) is 5.75 Å². The van der Waals surface area contributed by atoms with Crippen LogP contribution in [0.2, 0.25) is 0 Å². The first-order valence-corrected chi connectivity index (χ1v) is 7.36. The van der Waals surface area contributed by atoms with Crippen LogP contribution in [0.25, 0.3) is 0 Å². The Bertz CT molecular complexity index is 563. The Morgan fingerprint density at radius 1 is 1.50 bits per heavy atom. The molecule has 0 amide bonds. The van der Waals surface area contributed by atoms with Gasteiger partial charge in [-0.05, 0) is 12.1 Å². The summed E-state index contributed by atoms with van der Waals surface area (Å²) in [4.78, 5) is 10.7. The lowest BCUT2D eigenvalue weighted by Crippen LogP contribution is -2.09. The maximum absolute atomic E-state index is 10.7. The molecule has 108 valence electrons. The Labute approximate surface area is 121 Å². The number of carbonyl (C=O) groups is 1. The average molecular weight is 295 g/mol. The minimum Gasteiger partial charge on any atom is -0.481 e. The first kappa shape index (κ1) is 14.6. The molecule has 0 aliphatic heterocycles. The average Bonchev–Trinajstić information content (AvgIpc) is 3.03. The zero-order valence-electron chi connectivity index (χ0n) is 11.4. The predicted octanol–water partition coefficient (Wildman–Crippen LogP) is 2.41. The van der Waals surface area contributed by atoms with Crippen LogP contribution in [0.1, 0.15) is 31.4 Å². The molecular weight excluding hydrogens is 278 g/mol. The molecule has 0 radical (unpaired) electrons. The van der Waals surface area contributed by atoms with Crippen LogP contribution in [-0.2, 0) is 17.8 Å². The summed E-state index contributed by atoms with van der Waals surface area (Å²) in [6.07, 6.45) is 2.37. The molecule has 7 heteroatoms. The Kier molecular flexibility index (Phi) is 4.84. The van der Waals surface area contributed by atoms with Gasteiger partial charge in [-0.25, -0.2) is 0 Å². The van der Waals surface area contributed by atoms with Crippen molar-refractivity contribution in [3.63, 3.8) is 0 Å². The van der Waals surface area contributed by atoms with E-state index >= 15 is 0 Å². The van der Waals surface area contributed by atoms with Gasteiger partial charge in [0.1, 0.15) is 11.6 Å². The number of nitrogens with zero attached hydrogens (tertiary/aromatic N) is 3. The Morgan fingerprint density at radius 3 is 2.90 bits per heavy atom.